The van der Waals surface area contributed by atoms with Crippen molar-refractivity contribution in [3.8, 4) is 0 Å². The highest BCUT2D eigenvalue weighted by atomic mass is 16.3. The first-order chi connectivity index (χ1) is 7.46. The number of carbonyl (C=O) groups excluding carboxylic acids is 1. The van der Waals surface area contributed by atoms with Gasteiger partial charge in [-0.1, -0.05) is 6.92 Å². The van der Waals surface area contributed by atoms with Crippen LogP contribution in [0, 0.1) is 0 Å². The summed E-state index contributed by atoms with van der Waals surface area (Å²) in [5.41, 5.74) is 0.389. The van der Waals surface area contributed by atoms with Gasteiger partial charge in [-0.3, -0.25) is 4.79 Å². The first-order valence-corrected chi connectivity index (χ1v) is 5.39. The van der Waals surface area contributed by atoms with Crippen LogP contribution < -0.4 is 5.32 Å². The van der Waals surface area contributed by atoms with E-state index < -0.39 is 0 Å². The molecule has 5 nitrogen and oxygen atoms in total. The molecule has 16 heavy (non-hydrogen) atoms. The molecule has 0 bridgehead atoms. The van der Waals surface area contributed by atoms with Crippen LogP contribution in [0.2, 0.25) is 0 Å². The van der Waals surface area contributed by atoms with Gasteiger partial charge in [0, 0.05) is 11.7 Å². The summed E-state index contributed by atoms with van der Waals surface area (Å²) in [4.78, 5) is 15.6. The van der Waals surface area contributed by atoms with Crippen LogP contribution in [0.25, 0.3) is 0 Å². The summed E-state index contributed by atoms with van der Waals surface area (Å²) in [5.74, 6) is -0.0475. The van der Waals surface area contributed by atoms with Gasteiger partial charge in [-0.05, 0) is 20.3 Å². The summed E-state index contributed by atoms with van der Waals surface area (Å²) < 4.78 is 1.66. The highest BCUT2D eigenvalue weighted by Gasteiger charge is 2.17. The molecule has 0 aliphatic heterocycles. The molecule has 2 N–H and O–H groups in total. The summed E-state index contributed by atoms with van der Waals surface area (Å²) in [6, 6.07) is 0. The fraction of sp³-hybridized carbons (Fsp3) is 0.636. The Bertz CT molecular complexity index is 358. The van der Waals surface area contributed by atoms with Crippen molar-refractivity contribution < 1.29 is 9.90 Å². The van der Waals surface area contributed by atoms with Gasteiger partial charge in [0.25, 0.3) is 0 Å². The third-order valence-corrected chi connectivity index (χ3v) is 2.54. The van der Waals surface area contributed by atoms with Gasteiger partial charge >= 0.3 is 0 Å². The summed E-state index contributed by atoms with van der Waals surface area (Å²) in [7, 11) is 0. The lowest BCUT2D eigenvalue weighted by molar-refractivity contribution is -0.123. The Kier molecular flexibility index (Phi) is 4.06. The van der Waals surface area contributed by atoms with Crippen molar-refractivity contribution >= 4 is 5.91 Å². The molecule has 1 aromatic rings. The third-order valence-electron chi connectivity index (χ3n) is 2.54. The molecule has 0 saturated heterocycles. The van der Waals surface area contributed by atoms with Gasteiger partial charge in [0.05, 0.1) is 18.6 Å². The number of nitrogens with zero attached hydrogens (tertiary/aromatic N) is 2. The number of aromatic nitrogens is 2. The van der Waals surface area contributed by atoms with Crippen LogP contribution in [-0.2, 0) is 17.9 Å². The van der Waals surface area contributed by atoms with Crippen LogP contribution in [-0.4, -0.2) is 26.1 Å². The number of amides is 1. The Morgan fingerprint density at radius 3 is 2.81 bits per heavy atom. The predicted molar refractivity (Wildman–Crippen MR) is 60.7 cm³/mol. The normalized spacial score (nSPS) is 11.5. The van der Waals surface area contributed by atoms with E-state index in [4.69, 9.17) is 5.11 Å². The molecule has 5 heteroatoms. The van der Waals surface area contributed by atoms with Gasteiger partial charge in [-0.2, -0.15) is 0 Å². The third kappa shape index (κ3) is 3.66. The number of aliphatic hydroxyl groups is 1. The van der Waals surface area contributed by atoms with Crippen LogP contribution >= 0.6 is 0 Å². The van der Waals surface area contributed by atoms with Gasteiger partial charge in [0.15, 0.2) is 0 Å². The zero-order valence-electron chi connectivity index (χ0n) is 10.0. The molecule has 0 aliphatic rings. The molecule has 1 amide bonds. The minimum atomic E-state index is -0.183. The van der Waals surface area contributed by atoms with Gasteiger partial charge < -0.3 is 15.0 Å². The summed E-state index contributed by atoms with van der Waals surface area (Å²) >= 11 is 0. The fourth-order valence-electron chi connectivity index (χ4n) is 1.25. The molecule has 0 aliphatic carbocycles. The van der Waals surface area contributed by atoms with Crippen LogP contribution in [0.4, 0.5) is 0 Å². The van der Waals surface area contributed by atoms with Gasteiger partial charge in [0.2, 0.25) is 5.91 Å². The van der Waals surface area contributed by atoms with E-state index in [0.717, 1.165) is 6.42 Å². The first kappa shape index (κ1) is 12.7. The number of nitrogens with one attached hydrogen (secondary N) is 1. The van der Waals surface area contributed by atoms with E-state index in [1.807, 2.05) is 20.8 Å². The molecule has 0 fully saturated rings. The Labute approximate surface area is 95.5 Å². The van der Waals surface area contributed by atoms with Crippen molar-refractivity contribution in [1.82, 2.24) is 14.9 Å². The van der Waals surface area contributed by atoms with Crippen molar-refractivity contribution in [2.45, 2.75) is 45.9 Å². The van der Waals surface area contributed by atoms with E-state index in [2.05, 4.69) is 10.3 Å². The average molecular weight is 225 g/mol. The minimum Gasteiger partial charge on any atom is -0.390 e. The average Bonchev–Trinajstić information content (AvgIpc) is 2.64. The monoisotopic (exact) mass is 225 g/mol. The van der Waals surface area contributed by atoms with Crippen molar-refractivity contribution in [1.29, 1.82) is 0 Å². The maximum Gasteiger partial charge on any atom is 0.240 e. The lowest BCUT2D eigenvalue weighted by atomic mass is 10.0. The summed E-state index contributed by atoms with van der Waals surface area (Å²) in [6.45, 7) is 6.13. The second-order valence-electron chi connectivity index (χ2n) is 4.48. The highest BCUT2D eigenvalue weighted by molar-refractivity contribution is 5.76. The number of rotatable bonds is 5. The standard InChI is InChI=1S/C11H19N3O2/c1-4-11(2,3)13-10(16)6-14-5-9(7-15)12-8-14/h5,8,15H,4,6-7H2,1-3H3,(H,13,16). The lowest BCUT2D eigenvalue weighted by Gasteiger charge is -2.24. The molecule has 0 aromatic carbocycles. The van der Waals surface area contributed by atoms with Crippen molar-refractivity contribution in [2.24, 2.45) is 0 Å². The molecule has 0 atom stereocenters. The van der Waals surface area contributed by atoms with Gasteiger partial charge in [0.1, 0.15) is 6.54 Å². The van der Waals surface area contributed by atoms with E-state index in [1.54, 1.807) is 17.1 Å². The maximum atomic E-state index is 11.7. The minimum absolute atomic E-state index is 0.0475. The Morgan fingerprint density at radius 2 is 2.31 bits per heavy atom. The zero-order valence-corrected chi connectivity index (χ0v) is 10.0. The van der Waals surface area contributed by atoms with E-state index >= 15 is 0 Å². The van der Waals surface area contributed by atoms with Crippen molar-refractivity contribution in [2.75, 3.05) is 0 Å². The molecule has 0 saturated carbocycles. The Balaban J connectivity index is 2.51. The summed E-state index contributed by atoms with van der Waals surface area (Å²) in [6.07, 6.45) is 4.09. The number of hydrogen-bond donors (Lipinski definition) is 2. The maximum absolute atomic E-state index is 11.7. The SMILES string of the molecule is CCC(C)(C)NC(=O)Cn1cnc(CO)c1. The van der Waals surface area contributed by atoms with E-state index in [-0.39, 0.29) is 24.6 Å². The molecular weight excluding hydrogens is 206 g/mol. The predicted octanol–water partition coefficient (Wildman–Crippen LogP) is 0.680. The molecule has 0 radical (unpaired) electrons. The Hall–Kier alpha value is -1.36. The van der Waals surface area contributed by atoms with Gasteiger partial charge in [-0.15, -0.1) is 0 Å². The molecule has 1 rings (SSSR count). The number of aliphatic hydroxyl groups excluding tert-OH is 1. The second-order valence-corrected chi connectivity index (χ2v) is 4.48. The van der Waals surface area contributed by atoms with Crippen LogP contribution in [0.1, 0.15) is 32.9 Å². The first-order valence-electron chi connectivity index (χ1n) is 5.39. The van der Waals surface area contributed by atoms with Crippen molar-refractivity contribution in [3.05, 3.63) is 18.2 Å². The number of imidazole rings is 1. The topological polar surface area (TPSA) is 67.2 Å². The number of hydrogen-bond acceptors (Lipinski definition) is 3. The second kappa shape index (κ2) is 5.12. The number of carbonyl (C=O) groups is 1. The lowest BCUT2D eigenvalue weighted by Crippen LogP contribution is -2.44. The smallest absolute Gasteiger partial charge is 0.240 e. The van der Waals surface area contributed by atoms with E-state index in [0.29, 0.717) is 5.69 Å². The molecule has 90 valence electrons. The van der Waals surface area contributed by atoms with Crippen molar-refractivity contribution in [3.63, 3.8) is 0 Å². The largest absolute Gasteiger partial charge is 0.390 e. The molecule has 1 heterocycles. The van der Waals surface area contributed by atoms with Crippen LogP contribution in [0.15, 0.2) is 12.5 Å². The highest BCUT2D eigenvalue weighted by Crippen LogP contribution is 2.06. The van der Waals surface area contributed by atoms with Gasteiger partial charge in [-0.25, -0.2) is 4.98 Å². The quantitative estimate of drug-likeness (QED) is 0.774. The zero-order chi connectivity index (χ0) is 12.2. The van der Waals surface area contributed by atoms with Crippen LogP contribution in [0.5, 0.6) is 0 Å². The van der Waals surface area contributed by atoms with E-state index in [9.17, 15) is 4.79 Å². The van der Waals surface area contributed by atoms with Crippen LogP contribution in [0.3, 0.4) is 0 Å². The summed E-state index contributed by atoms with van der Waals surface area (Å²) in [5, 5.41) is 11.8. The molecule has 0 unspecified atom stereocenters. The fourth-order valence-corrected chi connectivity index (χ4v) is 1.25. The molecule has 0 spiro atoms. The molecule has 1 aromatic heterocycles. The molecular formula is C11H19N3O2. The van der Waals surface area contributed by atoms with E-state index in [1.165, 1.54) is 0 Å². The Morgan fingerprint density at radius 1 is 1.62 bits per heavy atom.